The number of nitro groups is 1. The van der Waals surface area contributed by atoms with E-state index in [1.807, 2.05) is 13.8 Å². The molecule has 0 fully saturated rings. The molecule has 1 aromatic rings. The van der Waals surface area contributed by atoms with Crippen LogP contribution in [0, 0.1) is 16.0 Å². The lowest BCUT2D eigenvalue weighted by atomic mass is 10.0. The number of carbonyl (C=O) groups is 1. The molecule has 21 heavy (non-hydrogen) atoms. The number of carbonyl (C=O) groups excluding carboxylic acids is 1. The molecule has 1 rings (SSSR count). The Morgan fingerprint density at radius 2 is 1.81 bits per heavy atom. The first-order chi connectivity index (χ1) is 9.63. The Morgan fingerprint density at radius 3 is 2.19 bits per heavy atom. The normalized spacial score (nSPS) is 13.1. The number of Topliss-reactive ketones (excluding diaryl/α,β-unsaturated/α-hetero) is 1. The van der Waals surface area contributed by atoms with E-state index >= 15 is 0 Å². The number of hydrogen-bond donors (Lipinski definition) is 0. The molecule has 0 saturated heterocycles. The molecular weight excluding hydrogens is 298 g/mol. The van der Waals surface area contributed by atoms with Crippen molar-refractivity contribution in [2.45, 2.75) is 38.2 Å². The highest BCUT2D eigenvalue weighted by molar-refractivity contribution is 7.86. The highest BCUT2D eigenvalue weighted by atomic mass is 32.2. The summed E-state index contributed by atoms with van der Waals surface area (Å²) in [4.78, 5) is 21.1. The molecular formula is C13H17NO6S. The summed E-state index contributed by atoms with van der Waals surface area (Å²) in [6.45, 7) is 4.95. The first-order valence-corrected chi connectivity index (χ1v) is 7.72. The molecule has 0 amide bonds. The van der Waals surface area contributed by atoms with Gasteiger partial charge >= 0.3 is 0 Å². The number of ketones is 1. The maximum atomic E-state index is 12.1. The lowest BCUT2D eigenvalue weighted by molar-refractivity contribution is -0.384. The summed E-state index contributed by atoms with van der Waals surface area (Å²) in [5.41, 5.74) is -0.223. The average Bonchev–Trinajstić information content (AvgIpc) is 2.37. The van der Waals surface area contributed by atoms with Crippen molar-refractivity contribution in [3.05, 3.63) is 34.4 Å². The number of rotatable bonds is 7. The van der Waals surface area contributed by atoms with Gasteiger partial charge in [-0.25, -0.2) is 0 Å². The summed E-state index contributed by atoms with van der Waals surface area (Å²) in [7, 11) is -4.14. The maximum Gasteiger partial charge on any atom is 0.297 e. The summed E-state index contributed by atoms with van der Waals surface area (Å²) in [6, 6.07) is 4.31. The summed E-state index contributed by atoms with van der Waals surface area (Å²) in [5, 5.41) is 10.5. The van der Waals surface area contributed by atoms with E-state index in [4.69, 9.17) is 4.18 Å². The third-order valence-corrected chi connectivity index (χ3v) is 4.05. The number of non-ortho nitro benzene ring substituents is 1. The lowest BCUT2D eigenvalue weighted by Crippen LogP contribution is -2.27. The number of benzene rings is 1. The van der Waals surface area contributed by atoms with Crippen molar-refractivity contribution in [2.75, 3.05) is 0 Å². The number of nitro benzene ring substituents is 1. The molecule has 0 saturated carbocycles. The standard InChI is InChI=1S/C13H17NO6S/c1-9(2)8-13(10(3)15)20-21(18,19)12-6-4-11(5-7-12)14(16)17/h4-7,9,13H,8H2,1-3H3. The Hall–Kier alpha value is -1.80. The van der Waals surface area contributed by atoms with Crippen LogP contribution in [0.1, 0.15) is 27.2 Å². The Morgan fingerprint density at radius 1 is 1.29 bits per heavy atom. The van der Waals surface area contributed by atoms with Crippen molar-refractivity contribution in [3.63, 3.8) is 0 Å². The molecule has 0 aliphatic rings. The lowest BCUT2D eigenvalue weighted by Gasteiger charge is -2.16. The first kappa shape index (κ1) is 17.3. The van der Waals surface area contributed by atoms with Gasteiger partial charge in [-0.05, 0) is 31.4 Å². The van der Waals surface area contributed by atoms with Gasteiger partial charge in [0.25, 0.3) is 15.8 Å². The topological polar surface area (TPSA) is 104 Å². The summed E-state index contributed by atoms with van der Waals surface area (Å²) in [5.74, 6) is -0.292. The fourth-order valence-corrected chi connectivity index (χ4v) is 2.74. The van der Waals surface area contributed by atoms with Gasteiger partial charge in [-0.2, -0.15) is 8.42 Å². The predicted molar refractivity (Wildman–Crippen MR) is 75.3 cm³/mol. The van der Waals surface area contributed by atoms with Crippen molar-refractivity contribution in [2.24, 2.45) is 5.92 Å². The van der Waals surface area contributed by atoms with E-state index in [2.05, 4.69) is 0 Å². The smallest absolute Gasteiger partial charge is 0.297 e. The van der Waals surface area contributed by atoms with Gasteiger partial charge < -0.3 is 0 Å². The van der Waals surface area contributed by atoms with E-state index < -0.39 is 21.1 Å². The van der Waals surface area contributed by atoms with Crippen LogP contribution in [0.15, 0.2) is 29.2 Å². The quantitative estimate of drug-likeness (QED) is 0.434. The van der Waals surface area contributed by atoms with Crippen molar-refractivity contribution >= 4 is 21.6 Å². The van der Waals surface area contributed by atoms with E-state index in [0.29, 0.717) is 0 Å². The van der Waals surface area contributed by atoms with Crippen molar-refractivity contribution in [3.8, 4) is 0 Å². The molecule has 8 heteroatoms. The summed E-state index contributed by atoms with van der Waals surface area (Å²) < 4.78 is 29.1. The van der Waals surface area contributed by atoms with Gasteiger partial charge in [0.05, 0.1) is 9.82 Å². The summed E-state index contributed by atoms with van der Waals surface area (Å²) in [6.07, 6.45) is -0.771. The molecule has 7 nitrogen and oxygen atoms in total. The number of nitrogens with zero attached hydrogens (tertiary/aromatic N) is 1. The fourth-order valence-electron chi connectivity index (χ4n) is 1.64. The zero-order valence-corrected chi connectivity index (χ0v) is 12.8. The molecule has 1 atom stereocenters. The van der Waals surface area contributed by atoms with Gasteiger partial charge in [0.15, 0.2) is 5.78 Å². The second-order valence-electron chi connectivity index (χ2n) is 5.03. The van der Waals surface area contributed by atoms with E-state index in [9.17, 15) is 23.3 Å². The Labute approximate surface area is 123 Å². The van der Waals surface area contributed by atoms with Crippen LogP contribution in [-0.2, 0) is 19.1 Å². The highest BCUT2D eigenvalue weighted by Crippen LogP contribution is 2.21. The van der Waals surface area contributed by atoms with Crippen LogP contribution in [0.4, 0.5) is 5.69 Å². The van der Waals surface area contributed by atoms with Crippen LogP contribution in [0.25, 0.3) is 0 Å². The predicted octanol–water partition coefficient (Wildman–Crippen LogP) is 2.30. The van der Waals surface area contributed by atoms with Crippen molar-refractivity contribution < 1.29 is 22.3 Å². The van der Waals surface area contributed by atoms with Crippen molar-refractivity contribution in [1.29, 1.82) is 0 Å². The molecule has 0 heterocycles. The summed E-state index contributed by atoms with van der Waals surface area (Å²) >= 11 is 0. The fraction of sp³-hybridized carbons (Fsp3) is 0.462. The van der Waals surface area contributed by atoms with Crippen molar-refractivity contribution in [1.82, 2.24) is 0 Å². The van der Waals surface area contributed by atoms with E-state index in [1.54, 1.807) is 0 Å². The van der Waals surface area contributed by atoms with Crippen LogP contribution in [0.3, 0.4) is 0 Å². The van der Waals surface area contributed by atoms with Gasteiger partial charge in [-0.3, -0.25) is 19.1 Å². The highest BCUT2D eigenvalue weighted by Gasteiger charge is 2.26. The Bertz CT molecular complexity index is 621. The molecule has 0 spiro atoms. The SMILES string of the molecule is CC(=O)C(CC(C)C)OS(=O)(=O)c1ccc([N+](=O)[O-])cc1. The molecule has 116 valence electrons. The molecule has 0 N–H and O–H groups in total. The Balaban J connectivity index is 2.98. The minimum absolute atomic E-state index is 0.0889. The van der Waals surface area contributed by atoms with E-state index in [-0.39, 0.29) is 28.7 Å². The van der Waals surface area contributed by atoms with Crippen LogP contribution in [0.2, 0.25) is 0 Å². The zero-order chi connectivity index (χ0) is 16.2. The van der Waals surface area contributed by atoms with Gasteiger partial charge in [0.1, 0.15) is 6.10 Å². The third kappa shape index (κ3) is 4.91. The minimum atomic E-state index is -4.14. The molecule has 0 radical (unpaired) electrons. The van der Waals surface area contributed by atoms with Gasteiger partial charge in [0, 0.05) is 12.1 Å². The maximum absolute atomic E-state index is 12.1. The average molecular weight is 315 g/mol. The molecule has 0 aliphatic heterocycles. The zero-order valence-electron chi connectivity index (χ0n) is 12.0. The van der Waals surface area contributed by atoms with Crippen LogP contribution < -0.4 is 0 Å². The van der Waals surface area contributed by atoms with Crippen LogP contribution >= 0.6 is 0 Å². The second kappa shape index (κ2) is 6.77. The van der Waals surface area contributed by atoms with E-state index in [1.165, 1.54) is 6.92 Å². The minimum Gasteiger partial charge on any atom is -0.297 e. The Kier molecular flexibility index (Phi) is 5.56. The van der Waals surface area contributed by atoms with Gasteiger partial charge in [-0.15, -0.1) is 0 Å². The third-order valence-electron chi connectivity index (χ3n) is 2.72. The number of hydrogen-bond acceptors (Lipinski definition) is 6. The van der Waals surface area contributed by atoms with Gasteiger partial charge in [0.2, 0.25) is 0 Å². The van der Waals surface area contributed by atoms with E-state index in [0.717, 1.165) is 24.3 Å². The van der Waals surface area contributed by atoms with Crippen LogP contribution in [0.5, 0.6) is 0 Å². The molecule has 0 aromatic heterocycles. The molecule has 0 bridgehead atoms. The van der Waals surface area contributed by atoms with Gasteiger partial charge in [-0.1, -0.05) is 13.8 Å². The molecule has 1 unspecified atom stereocenters. The molecule has 0 aliphatic carbocycles. The second-order valence-corrected chi connectivity index (χ2v) is 6.60. The monoisotopic (exact) mass is 315 g/mol. The van der Waals surface area contributed by atoms with Crippen LogP contribution in [-0.4, -0.2) is 25.2 Å². The largest absolute Gasteiger partial charge is 0.297 e. The first-order valence-electron chi connectivity index (χ1n) is 6.31. The molecule has 1 aromatic carbocycles.